The van der Waals surface area contributed by atoms with Gasteiger partial charge < -0.3 is 9.84 Å². The number of rotatable bonds is 6. The number of aliphatic hydroxyl groups excluding tert-OH is 1. The second-order valence-electron chi connectivity index (χ2n) is 7.73. The van der Waals surface area contributed by atoms with Crippen molar-refractivity contribution in [2.45, 2.75) is 26.3 Å². The number of nitrogens with zero attached hydrogens (tertiary/aromatic N) is 2. The van der Waals surface area contributed by atoms with E-state index in [4.69, 9.17) is 16.3 Å². The van der Waals surface area contributed by atoms with Gasteiger partial charge in [0.05, 0.1) is 17.9 Å². The van der Waals surface area contributed by atoms with Crippen LogP contribution in [0.4, 0.5) is 5.69 Å². The van der Waals surface area contributed by atoms with Gasteiger partial charge in [-0.2, -0.15) is 0 Å². The number of pyridine rings is 1. The van der Waals surface area contributed by atoms with Gasteiger partial charge in [0, 0.05) is 22.5 Å². The molecular weight excluding hydrogens is 440 g/mol. The number of hydrogen-bond donors (Lipinski definition) is 1. The standard InChI is InChI=1S/C26H23ClN2O4/c1-3-13-33-21-11-10-17(14-16(21)2)24(30)22-23(20-9-4-5-12-28-20)29(26(32)25(22)31)19-8-6-7-18(27)15-19/h4-12,14-15,23,30H,3,13H2,1-2H3/b24-22+. The first-order chi connectivity index (χ1) is 15.9. The number of benzene rings is 2. The molecule has 1 N–H and O–H groups in total. The van der Waals surface area contributed by atoms with Crippen molar-refractivity contribution in [3.8, 4) is 5.75 Å². The van der Waals surface area contributed by atoms with Crippen LogP contribution in [0.15, 0.2) is 72.4 Å². The van der Waals surface area contributed by atoms with Gasteiger partial charge in [0.15, 0.2) is 0 Å². The van der Waals surface area contributed by atoms with Gasteiger partial charge in [-0.3, -0.25) is 19.5 Å². The van der Waals surface area contributed by atoms with Crippen molar-refractivity contribution in [2.75, 3.05) is 11.5 Å². The largest absolute Gasteiger partial charge is 0.507 e. The normalized spacial score (nSPS) is 17.4. The van der Waals surface area contributed by atoms with Crippen LogP contribution in [0, 0.1) is 6.92 Å². The van der Waals surface area contributed by atoms with Gasteiger partial charge in [-0.05, 0) is 67.4 Å². The van der Waals surface area contributed by atoms with E-state index >= 15 is 0 Å². The average molecular weight is 463 g/mol. The minimum absolute atomic E-state index is 0.0275. The summed E-state index contributed by atoms with van der Waals surface area (Å²) < 4.78 is 5.71. The van der Waals surface area contributed by atoms with Crippen molar-refractivity contribution < 1.29 is 19.4 Å². The van der Waals surface area contributed by atoms with Crippen LogP contribution in [0.5, 0.6) is 5.75 Å². The van der Waals surface area contributed by atoms with Crippen molar-refractivity contribution in [1.82, 2.24) is 4.98 Å². The number of ketones is 1. The van der Waals surface area contributed by atoms with Gasteiger partial charge in [-0.15, -0.1) is 0 Å². The van der Waals surface area contributed by atoms with Crippen LogP contribution in [-0.2, 0) is 9.59 Å². The third kappa shape index (κ3) is 4.34. The molecule has 1 aliphatic rings. The van der Waals surface area contributed by atoms with Gasteiger partial charge in [0.2, 0.25) is 0 Å². The van der Waals surface area contributed by atoms with Gasteiger partial charge in [0.25, 0.3) is 11.7 Å². The van der Waals surface area contributed by atoms with E-state index in [-0.39, 0.29) is 11.3 Å². The highest BCUT2D eigenvalue weighted by Crippen LogP contribution is 2.42. The van der Waals surface area contributed by atoms with Crippen LogP contribution in [-0.4, -0.2) is 28.4 Å². The van der Waals surface area contributed by atoms with Crippen LogP contribution in [0.25, 0.3) is 5.76 Å². The molecule has 0 bridgehead atoms. The van der Waals surface area contributed by atoms with E-state index in [1.54, 1.807) is 66.9 Å². The fourth-order valence-electron chi connectivity index (χ4n) is 3.87. The van der Waals surface area contributed by atoms with Crippen molar-refractivity contribution in [3.63, 3.8) is 0 Å². The highest BCUT2D eigenvalue weighted by Gasteiger charge is 2.47. The first-order valence-electron chi connectivity index (χ1n) is 10.6. The molecule has 1 saturated heterocycles. The quantitative estimate of drug-likeness (QED) is 0.299. The zero-order valence-corrected chi connectivity index (χ0v) is 19.0. The number of aryl methyl sites for hydroxylation is 1. The number of anilines is 1. The van der Waals surface area contributed by atoms with E-state index in [0.717, 1.165) is 12.0 Å². The van der Waals surface area contributed by atoms with Gasteiger partial charge in [-0.25, -0.2) is 0 Å². The van der Waals surface area contributed by atoms with Crippen molar-refractivity contribution in [1.29, 1.82) is 0 Å². The predicted molar refractivity (Wildman–Crippen MR) is 127 cm³/mol. The molecule has 0 saturated carbocycles. The third-order valence-electron chi connectivity index (χ3n) is 5.41. The maximum atomic E-state index is 13.2. The number of aromatic nitrogens is 1. The van der Waals surface area contributed by atoms with Crippen molar-refractivity contribution >= 4 is 34.7 Å². The number of carbonyl (C=O) groups is 2. The first kappa shape index (κ1) is 22.6. The molecule has 4 rings (SSSR count). The molecule has 0 aliphatic carbocycles. The fourth-order valence-corrected chi connectivity index (χ4v) is 4.05. The summed E-state index contributed by atoms with van der Waals surface area (Å²) in [6.07, 6.45) is 2.45. The van der Waals surface area contributed by atoms with Crippen LogP contribution in [0.3, 0.4) is 0 Å². The number of amides is 1. The minimum atomic E-state index is -0.902. The van der Waals surface area contributed by atoms with Crippen LogP contribution in [0.1, 0.15) is 36.2 Å². The lowest BCUT2D eigenvalue weighted by molar-refractivity contribution is -0.132. The van der Waals surface area contributed by atoms with E-state index < -0.39 is 17.7 Å². The number of Topliss-reactive ketones (excluding diaryl/α,β-unsaturated/α-hetero) is 1. The third-order valence-corrected chi connectivity index (χ3v) is 5.64. The number of aliphatic hydroxyl groups is 1. The lowest BCUT2D eigenvalue weighted by Gasteiger charge is -2.24. The lowest BCUT2D eigenvalue weighted by atomic mass is 9.97. The van der Waals surface area contributed by atoms with Gasteiger partial charge >= 0.3 is 0 Å². The SMILES string of the molecule is CCCOc1ccc(/C(O)=C2\C(=O)C(=O)N(c3cccc(Cl)c3)C2c2ccccn2)cc1C. The number of carbonyl (C=O) groups excluding carboxylic acids is 2. The second kappa shape index (κ2) is 9.46. The van der Waals surface area contributed by atoms with E-state index in [0.29, 0.717) is 34.3 Å². The molecule has 2 aromatic carbocycles. The summed E-state index contributed by atoms with van der Waals surface area (Å²) in [7, 11) is 0. The highest BCUT2D eigenvalue weighted by molar-refractivity contribution is 6.51. The molecule has 1 atom stereocenters. The minimum Gasteiger partial charge on any atom is -0.507 e. The molecule has 33 heavy (non-hydrogen) atoms. The van der Waals surface area contributed by atoms with E-state index in [2.05, 4.69) is 4.98 Å². The Kier molecular flexibility index (Phi) is 6.47. The van der Waals surface area contributed by atoms with E-state index in [1.165, 1.54) is 4.90 Å². The molecule has 0 spiro atoms. The maximum Gasteiger partial charge on any atom is 0.300 e. The van der Waals surface area contributed by atoms with Crippen LogP contribution < -0.4 is 9.64 Å². The number of hydrogen-bond acceptors (Lipinski definition) is 5. The lowest BCUT2D eigenvalue weighted by Crippen LogP contribution is -2.29. The average Bonchev–Trinajstić information content (AvgIpc) is 3.09. The Balaban J connectivity index is 1.87. The predicted octanol–water partition coefficient (Wildman–Crippen LogP) is 5.46. The summed E-state index contributed by atoms with van der Waals surface area (Å²) in [6.45, 7) is 4.46. The van der Waals surface area contributed by atoms with Crippen LogP contribution in [0.2, 0.25) is 5.02 Å². The number of ether oxygens (including phenoxy) is 1. The molecule has 0 radical (unpaired) electrons. The van der Waals surface area contributed by atoms with Crippen molar-refractivity contribution in [2.24, 2.45) is 0 Å². The van der Waals surface area contributed by atoms with E-state index in [1.807, 2.05) is 13.8 Å². The summed E-state index contributed by atoms with van der Waals surface area (Å²) in [6, 6.07) is 16.2. The summed E-state index contributed by atoms with van der Waals surface area (Å²) in [4.78, 5) is 32.0. The Morgan fingerprint density at radius 1 is 1.12 bits per heavy atom. The Morgan fingerprint density at radius 2 is 1.94 bits per heavy atom. The molecule has 1 amide bonds. The topological polar surface area (TPSA) is 79.7 Å². The second-order valence-corrected chi connectivity index (χ2v) is 8.17. The molecule has 1 unspecified atom stereocenters. The summed E-state index contributed by atoms with van der Waals surface area (Å²) in [5.41, 5.74) is 2.10. The van der Waals surface area contributed by atoms with Crippen LogP contribution >= 0.6 is 11.6 Å². The molecule has 1 aliphatic heterocycles. The molecule has 6 nitrogen and oxygen atoms in total. The smallest absolute Gasteiger partial charge is 0.300 e. The Bertz CT molecular complexity index is 1240. The highest BCUT2D eigenvalue weighted by atomic mass is 35.5. The molecule has 1 fully saturated rings. The molecular formula is C26H23ClN2O4. The molecule has 2 heterocycles. The maximum absolute atomic E-state index is 13.2. The summed E-state index contributed by atoms with van der Waals surface area (Å²) >= 11 is 6.15. The Morgan fingerprint density at radius 3 is 2.61 bits per heavy atom. The molecule has 168 valence electrons. The zero-order valence-electron chi connectivity index (χ0n) is 18.3. The Hall–Kier alpha value is -3.64. The van der Waals surface area contributed by atoms with E-state index in [9.17, 15) is 14.7 Å². The summed E-state index contributed by atoms with van der Waals surface area (Å²) in [5, 5.41) is 11.7. The molecule has 3 aromatic rings. The summed E-state index contributed by atoms with van der Waals surface area (Å²) in [5.74, 6) is -1.10. The zero-order chi connectivity index (χ0) is 23.5. The first-order valence-corrected chi connectivity index (χ1v) is 11.0. The monoisotopic (exact) mass is 462 g/mol. The fraction of sp³-hybridized carbons (Fsp3) is 0.192. The number of halogens is 1. The Labute approximate surface area is 197 Å². The van der Waals surface area contributed by atoms with Gasteiger partial charge in [-0.1, -0.05) is 30.7 Å². The van der Waals surface area contributed by atoms with Crippen molar-refractivity contribution in [3.05, 3.63) is 94.3 Å². The molecule has 1 aromatic heterocycles. The molecule has 7 heteroatoms. The van der Waals surface area contributed by atoms with Gasteiger partial charge in [0.1, 0.15) is 17.6 Å².